The Hall–Kier alpha value is -1.30. The summed E-state index contributed by atoms with van der Waals surface area (Å²) in [5.74, 6) is 0.323. The molecule has 2 heterocycles. The molecule has 0 spiro atoms. The van der Waals surface area contributed by atoms with Gasteiger partial charge in [-0.25, -0.2) is 0 Å². The highest BCUT2D eigenvalue weighted by molar-refractivity contribution is 5.59. The summed E-state index contributed by atoms with van der Waals surface area (Å²) in [7, 11) is 2.19. The number of piperidine rings is 1. The topological polar surface area (TPSA) is 56.0 Å². The molecule has 0 aliphatic carbocycles. The number of nitrogen functional groups attached to an aromatic ring is 1. The molecule has 2 atom stereocenters. The van der Waals surface area contributed by atoms with E-state index in [0.29, 0.717) is 12.0 Å². The van der Waals surface area contributed by atoms with Gasteiger partial charge >= 0.3 is 0 Å². The van der Waals surface area contributed by atoms with Crippen molar-refractivity contribution in [2.75, 3.05) is 63.6 Å². The maximum absolute atomic E-state index is 9.94. The Morgan fingerprint density at radius 3 is 2.57 bits per heavy atom. The number of hydrogen-bond acceptors (Lipinski definition) is 5. The summed E-state index contributed by atoms with van der Waals surface area (Å²) in [6.45, 7) is 8.88. The maximum Gasteiger partial charge on any atom is 0.0491 e. The zero-order valence-corrected chi connectivity index (χ0v) is 14.4. The molecular weight excluding hydrogens is 288 g/mol. The molecule has 0 amide bonds. The minimum absolute atomic E-state index is 0.265. The van der Waals surface area contributed by atoms with Crippen LogP contribution in [0.2, 0.25) is 0 Å². The van der Waals surface area contributed by atoms with Crippen molar-refractivity contribution in [3.05, 3.63) is 23.8 Å². The molecule has 0 saturated carbocycles. The molecular formula is C18H30N4O. The molecule has 5 nitrogen and oxygen atoms in total. The zero-order valence-electron chi connectivity index (χ0n) is 14.4. The summed E-state index contributed by atoms with van der Waals surface area (Å²) in [5, 5.41) is 9.94. The number of nitrogens with zero attached hydrogens (tertiary/aromatic N) is 3. The molecule has 0 radical (unpaired) electrons. The van der Waals surface area contributed by atoms with Crippen LogP contribution in [0.1, 0.15) is 12.0 Å². The third-order valence-electron chi connectivity index (χ3n) is 5.50. The van der Waals surface area contributed by atoms with Crippen LogP contribution in [0.5, 0.6) is 0 Å². The minimum atomic E-state index is 0.265. The van der Waals surface area contributed by atoms with Crippen LogP contribution in [0.3, 0.4) is 0 Å². The van der Waals surface area contributed by atoms with E-state index in [0.717, 1.165) is 51.4 Å². The van der Waals surface area contributed by atoms with Gasteiger partial charge in [0.1, 0.15) is 0 Å². The van der Waals surface area contributed by atoms with Crippen LogP contribution in [0.15, 0.2) is 18.2 Å². The highest BCUT2D eigenvalue weighted by Gasteiger charge is 2.34. The molecule has 2 aliphatic rings. The number of piperazine rings is 1. The maximum atomic E-state index is 9.94. The first kappa shape index (κ1) is 16.6. The van der Waals surface area contributed by atoms with E-state index >= 15 is 0 Å². The van der Waals surface area contributed by atoms with Crippen LogP contribution in [0, 0.1) is 12.8 Å². The third kappa shape index (κ3) is 3.62. The number of benzene rings is 1. The SMILES string of the molecule is Cc1cc(N)ccc1N1CCC(N2CCN(C)CC2)C(CO)C1. The Morgan fingerprint density at radius 1 is 1.17 bits per heavy atom. The fraction of sp³-hybridized carbons (Fsp3) is 0.667. The predicted molar refractivity (Wildman–Crippen MR) is 95.9 cm³/mol. The lowest BCUT2D eigenvalue weighted by atomic mass is 9.90. The molecule has 1 aromatic rings. The molecule has 0 bridgehead atoms. The summed E-state index contributed by atoms with van der Waals surface area (Å²) in [6.07, 6.45) is 1.12. The monoisotopic (exact) mass is 318 g/mol. The van der Waals surface area contributed by atoms with E-state index in [-0.39, 0.29) is 6.61 Å². The number of hydrogen-bond donors (Lipinski definition) is 2. The largest absolute Gasteiger partial charge is 0.399 e. The Labute approximate surface area is 139 Å². The van der Waals surface area contributed by atoms with Gasteiger partial charge in [-0.05, 0) is 44.2 Å². The first-order valence-electron chi connectivity index (χ1n) is 8.73. The second kappa shape index (κ2) is 7.07. The Morgan fingerprint density at radius 2 is 1.91 bits per heavy atom. The van der Waals surface area contributed by atoms with Crippen LogP contribution in [0.25, 0.3) is 0 Å². The van der Waals surface area contributed by atoms with Gasteiger partial charge in [0.2, 0.25) is 0 Å². The van der Waals surface area contributed by atoms with Crippen molar-refractivity contribution in [2.24, 2.45) is 5.92 Å². The van der Waals surface area contributed by atoms with Crippen LogP contribution >= 0.6 is 0 Å². The van der Waals surface area contributed by atoms with Gasteiger partial charge in [-0.2, -0.15) is 0 Å². The molecule has 2 unspecified atom stereocenters. The molecule has 2 fully saturated rings. The average molecular weight is 318 g/mol. The van der Waals surface area contributed by atoms with Gasteiger partial charge in [-0.3, -0.25) is 4.90 Å². The lowest BCUT2D eigenvalue weighted by Gasteiger charge is -2.46. The van der Waals surface area contributed by atoms with Crippen molar-refractivity contribution in [3.8, 4) is 0 Å². The standard InChI is InChI=1S/C18H30N4O/c1-14-11-16(19)3-4-17(14)22-6-5-18(15(12-22)13-23)21-9-7-20(2)8-10-21/h3-4,11,15,18,23H,5-10,12-13,19H2,1-2H3. The van der Waals surface area contributed by atoms with E-state index in [4.69, 9.17) is 5.73 Å². The van der Waals surface area contributed by atoms with E-state index in [1.807, 2.05) is 12.1 Å². The number of likely N-dealkylation sites (N-methyl/N-ethyl adjacent to an activating group) is 1. The molecule has 0 aromatic heterocycles. The lowest BCUT2D eigenvalue weighted by Crippen LogP contribution is -2.57. The average Bonchev–Trinajstić information content (AvgIpc) is 2.55. The molecule has 128 valence electrons. The summed E-state index contributed by atoms with van der Waals surface area (Å²) in [6, 6.07) is 6.65. The fourth-order valence-electron chi connectivity index (χ4n) is 4.09. The Kier molecular flexibility index (Phi) is 5.09. The molecule has 1 aromatic carbocycles. The predicted octanol–water partition coefficient (Wildman–Crippen LogP) is 1.01. The highest BCUT2D eigenvalue weighted by atomic mass is 16.3. The fourth-order valence-corrected chi connectivity index (χ4v) is 4.09. The summed E-state index contributed by atoms with van der Waals surface area (Å²) in [4.78, 5) is 7.40. The van der Waals surface area contributed by atoms with Crippen molar-refractivity contribution in [1.82, 2.24) is 9.80 Å². The van der Waals surface area contributed by atoms with Crippen molar-refractivity contribution in [1.29, 1.82) is 0 Å². The zero-order chi connectivity index (χ0) is 16.4. The van der Waals surface area contributed by atoms with Gasteiger partial charge in [0.25, 0.3) is 0 Å². The normalized spacial score (nSPS) is 27.3. The quantitative estimate of drug-likeness (QED) is 0.815. The van der Waals surface area contributed by atoms with Crippen LogP contribution in [0.4, 0.5) is 11.4 Å². The van der Waals surface area contributed by atoms with E-state index in [2.05, 4.69) is 34.7 Å². The molecule has 2 aliphatic heterocycles. The Bertz CT molecular complexity index is 528. The van der Waals surface area contributed by atoms with Gasteiger partial charge in [-0.15, -0.1) is 0 Å². The summed E-state index contributed by atoms with van der Waals surface area (Å²) >= 11 is 0. The van der Waals surface area contributed by atoms with Crippen LogP contribution in [-0.2, 0) is 0 Å². The molecule has 2 saturated heterocycles. The van der Waals surface area contributed by atoms with Gasteiger partial charge < -0.3 is 20.6 Å². The summed E-state index contributed by atoms with van der Waals surface area (Å²) in [5.41, 5.74) is 9.17. The number of aryl methyl sites for hydroxylation is 1. The smallest absolute Gasteiger partial charge is 0.0491 e. The second-order valence-electron chi connectivity index (χ2n) is 7.13. The van der Waals surface area contributed by atoms with Crippen molar-refractivity contribution < 1.29 is 5.11 Å². The van der Waals surface area contributed by atoms with E-state index in [1.54, 1.807) is 0 Å². The van der Waals surface area contributed by atoms with Gasteiger partial charge in [0, 0.05) is 69.2 Å². The van der Waals surface area contributed by atoms with Crippen LogP contribution in [-0.4, -0.2) is 73.9 Å². The first-order chi connectivity index (χ1) is 11.1. The van der Waals surface area contributed by atoms with E-state index in [1.165, 1.54) is 11.3 Å². The first-order valence-corrected chi connectivity index (χ1v) is 8.73. The van der Waals surface area contributed by atoms with Gasteiger partial charge in [0.05, 0.1) is 0 Å². The minimum Gasteiger partial charge on any atom is -0.399 e. The van der Waals surface area contributed by atoms with Crippen molar-refractivity contribution in [3.63, 3.8) is 0 Å². The molecule has 5 heteroatoms. The number of rotatable bonds is 3. The lowest BCUT2D eigenvalue weighted by molar-refractivity contribution is 0.0472. The summed E-state index contributed by atoms with van der Waals surface area (Å²) < 4.78 is 0. The van der Waals surface area contributed by atoms with Crippen molar-refractivity contribution in [2.45, 2.75) is 19.4 Å². The second-order valence-corrected chi connectivity index (χ2v) is 7.13. The number of anilines is 2. The van der Waals surface area contributed by atoms with E-state index in [9.17, 15) is 5.11 Å². The van der Waals surface area contributed by atoms with Gasteiger partial charge in [-0.1, -0.05) is 0 Å². The third-order valence-corrected chi connectivity index (χ3v) is 5.50. The number of nitrogens with two attached hydrogens (primary N) is 1. The molecule has 23 heavy (non-hydrogen) atoms. The number of aliphatic hydroxyl groups excluding tert-OH is 1. The molecule has 3 N–H and O–H groups in total. The Balaban J connectivity index is 1.68. The number of aliphatic hydroxyl groups is 1. The molecule has 3 rings (SSSR count). The van der Waals surface area contributed by atoms with E-state index < -0.39 is 0 Å². The van der Waals surface area contributed by atoms with Crippen LogP contribution < -0.4 is 10.6 Å². The highest BCUT2D eigenvalue weighted by Crippen LogP contribution is 2.30. The van der Waals surface area contributed by atoms with Gasteiger partial charge in [0.15, 0.2) is 0 Å². The van der Waals surface area contributed by atoms with Crippen molar-refractivity contribution >= 4 is 11.4 Å².